The molecule has 0 radical (unpaired) electrons. The number of amides is 4. The molecule has 0 spiro atoms. The highest BCUT2D eigenvalue weighted by Gasteiger charge is 2.41. The van der Waals surface area contributed by atoms with Gasteiger partial charge in [0.2, 0.25) is 17.7 Å². The number of rotatable bonds is 20. The van der Waals surface area contributed by atoms with Crippen molar-refractivity contribution in [3.8, 4) is 17.5 Å². The van der Waals surface area contributed by atoms with Crippen molar-refractivity contribution in [1.29, 1.82) is 0 Å². The van der Waals surface area contributed by atoms with Gasteiger partial charge in [-0.05, 0) is 61.2 Å². The van der Waals surface area contributed by atoms with Gasteiger partial charge in [0.1, 0.15) is 24.1 Å². The molecule has 3 aromatic rings. The number of carbonyl (C=O) groups excluding carboxylic acids is 4. The molecule has 1 aromatic heterocycles. The predicted octanol–water partition coefficient (Wildman–Crippen LogP) is 4.88. The average molecular weight is 1120 g/mol. The Morgan fingerprint density at radius 1 is 0.932 bits per heavy atom. The monoisotopic (exact) mass is 1120 g/mol. The van der Waals surface area contributed by atoms with Crippen LogP contribution in [0, 0.1) is 5.82 Å². The van der Waals surface area contributed by atoms with E-state index in [2.05, 4.69) is 38.2 Å². The zero-order chi connectivity index (χ0) is 55.2. The number of aromatic carboxylic acids is 1. The molecule has 0 fully saturated rings. The summed E-state index contributed by atoms with van der Waals surface area (Å²) in [6.45, 7) is -5.36. The van der Waals surface area contributed by atoms with Crippen LogP contribution in [0.25, 0.3) is 0 Å². The third kappa shape index (κ3) is 22.6. The van der Waals surface area contributed by atoms with Gasteiger partial charge in [0, 0.05) is 17.2 Å². The number of unbranched alkanes of at least 4 members (excludes halogenated alkanes) is 2. The number of benzene rings is 2. The highest BCUT2D eigenvalue weighted by atomic mass is 35.5. The van der Waals surface area contributed by atoms with E-state index in [0.717, 1.165) is 55.2 Å². The number of carboxylic acids is 2. The van der Waals surface area contributed by atoms with Crippen LogP contribution < -0.4 is 39.4 Å². The van der Waals surface area contributed by atoms with Gasteiger partial charge in [0.15, 0.2) is 6.61 Å². The number of alkyl halides is 4. The van der Waals surface area contributed by atoms with Crippen LogP contribution in [0.5, 0.6) is 17.5 Å². The van der Waals surface area contributed by atoms with Gasteiger partial charge in [-0.15, -0.1) is 0 Å². The number of sulfonamides is 1. The molecule has 5 rings (SSSR count). The zero-order valence-electron chi connectivity index (χ0n) is 38.9. The molecule has 1 aliphatic carbocycles. The van der Waals surface area contributed by atoms with Crippen LogP contribution >= 0.6 is 19.2 Å². The van der Waals surface area contributed by atoms with E-state index < -0.39 is 120 Å². The predicted molar refractivity (Wildman–Crippen MR) is 249 cm³/mol. The van der Waals surface area contributed by atoms with Crippen molar-refractivity contribution >= 4 is 87.5 Å². The first-order valence-electron chi connectivity index (χ1n) is 20.8. The van der Waals surface area contributed by atoms with E-state index in [-0.39, 0.29) is 16.5 Å². The van der Waals surface area contributed by atoms with Gasteiger partial charge in [-0.1, -0.05) is 43.5 Å². The Morgan fingerprint density at radius 3 is 1.97 bits per heavy atom. The molecule has 73 heavy (non-hydrogen) atoms. The van der Waals surface area contributed by atoms with E-state index in [9.17, 15) is 68.6 Å². The first-order chi connectivity index (χ1) is 34.1. The number of carbonyl (C=O) groups is 6. The minimum atomic E-state index is -4.71. The van der Waals surface area contributed by atoms with Crippen LogP contribution in [0.15, 0.2) is 58.5 Å². The Morgan fingerprint density at radius 2 is 1.48 bits per heavy atom. The number of esters is 1. The van der Waals surface area contributed by atoms with Gasteiger partial charge >= 0.3 is 37.2 Å². The molecule has 2 aromatic carbocycles. The number of halogens is 6. The summed E-state index contributed by atoms with van der Waals surface area (Å²) in [5, 5.41) is 20.6. The molecule has 1 unspecified atom stereocenters. The third-order valence-electron chi connectivity index (χ3n) is 8.54. The number of anilines is 2. The summed E-state index contributed by atoms with van der Waals surface area (Å²) in [7, 11) is -8.42. The Hall–Kier alpha value is -6.17. The van der Waals surface area contributed by atoms with Gasteiger partial charge in [-0.3, -0.25) is 25.0 Å². The van der Waals surface area contributed by atoms with E-state index in [0.29, 0.717) is 47.6 Å². The minimum Gasteiger partial charge on any atom is -0.778 e. The molecule has 2 heterocycles. The maximum atomic E-state index is 14.5. The maximum absolute atomic E-state index is 14.5. The highest BCUT2D eigenvalue weighted by Crippen LogP contribution is 2.39. The lowest BCUT2D eigenvalue weighted by atomic mass is 9.93. The zero-order valence-corrected chi connectivity index (χ0v) is 42.2. The molecule has 0 saturated carbocycles. The summed E-state index contributed by atoms with van der Waals surface area (Å²) in [6.07, 6.45) is 11.3. The van der Waals surface area contributed by atoms with Crippen LogP contribution in [0.2, 0.25) is 5.02 Å². The molecule has 0 saturated heterocycles. The molecule has 32 heteroatoms. The number of carboxylic acid groups (broad SMARTS) is 2. The van der Waals surface area contributed by atoms with Gasteiger partial charge < -0.3 is 43.5 Å². The fourth-order valence-electron chi connectivity index (χ4n) is 5.72. The van der Waals surface area contributed by atoms with Crippen molar-refractivity contribution in [2.24, 2.45) is 0 Å². The standard InChI is InChI=1S/C21H23ClFNO5.C14H10F4N4O7S.C3H8NO5P.C3H9S/c1-2-3-6-9-28-19(25)12-29-18-11-17(16(23)10-15(18)22)24-20(26)13-7-4-5-8-14(13)21(24)27;15-11(16)28-8-5-9(29-12(17)18)20-13(19-8)21-14(25)22-30(26,27)7-4-2-1-3-6(7)10(23)24;5-3(6)1-4-2-10(7,8)9;1-4(2)3/h10-11H,2-9,12H2,1H3;1-5,11-12H,(H,23,24)(H2,19,20,21,22,25);4H,1-2H2,(H,5,6)(H2,7,8,9);1-3H3/q;;;+1/p-1. The lowest BCUT2D eigenvalue weighted by Gasteiger charge is -2.18. The number of hydrogen-bond donors (Lipinski definition) is 6. The van der Waals surface area contributed by atoms with E-state index in [1.165, 1.54) is 22.9 Å². The summed E-state index contributed by atoms with van der Waals surface area (Å²) in [6, 6.07) is 5.37. The molecule has 1 atom stereocenters. The van der Waals surface area contributed by atoms with Crippen molar-refractivity contribution in [2.75, 3.05) is 55.0 Å². The second-order valence-corrected chi connectivity index (χ2v) is 21.0. The molecule has 23 nitrogen and oxygen atoms in total. The first-order valence-corrected chi connectivity index (χ1v) is 26.9. The number of aliphatic carboxylic acids is 1. The van der Waals surface area contributed by atoms with Crippen molar-refractivity contribution < 1.29 is 103 Å². The Balaban J connectivity index is 0.000000398. The normalized spacial score (nSPS) is 13.8. The second-order valence-electron chi connectivity index (χ2n) is 14.9. The van der Waals surface area contributed by atoms with Crippen LogP contribution in [0.4, 0.5) is 38.4 Å². The van der Waals surface area contributed by atoms with Crippen LogP contribution in [0.3, 0.4) is 0 Å². The number of aromatic nitrogens is 2. The summed E-state index contributed by atoms with van der Waals surface area (Å²) in [4.78, 5) is 94.6. The number of ether oxygens (including phenoxy) is 4. The lowest BCUT2D eigenvalue weighted by Crippen LogP contribution is -2.35. The molecule has 6 N–H and O–H groups in total. The molecular weight excluding hydrogens is 1070 g/mol. The summed E-state index contributed by atoms with van der Waals surface area (Å²) in [5.74, 6) is -8.03. The number of nitrogens with zero attached hydrogens (tertiary/aromatic N) is 3. The molecule has 2 aliphatic rings. The topological polar surface area (TPSA) is 339 Å². The lowest BCUT2D eigenvalue weighted by molar-refractivity contribution is -0.193. The highest BCUT2D eigenvalue weighted by molar-refractivity contribution is 7.94. The van der Waals surface area contributed by atoms with Crippen LogP contribution in [-0.2, 0) is 49.4 Å². The summed E-state index contributed by atoms with van der Waals surface area (Å²) in [5.41, 5.74) is 0.0292. The van der Waals surface area contributed by atoms with Crippen molar-refractivity contribution in [1.82, 2.24) is 20.0 Å². The van der Waals surface area contributed by atoms with Gasteiger partial charge in [-0.25, -0.2) is 36.8 Å². The van der Waals surface area contributed by atoms with Gasteiger partial charge in [0.25, 0.3) is 21.8 Å². The maximum Gasteiger partial charge on any atom is 0.388 e. The largest absolute Gasteiger partial charge is 0.778 e. The molecule has 4 amide bonds. The van der Waals surface area contributed by atoms with E-state index >= 15 is 0 Å². The molecule has 404 valence electrons. The minimum absolute atomic E-state index is 0.000883. The third-order valence-corrected chi connectivity index (χ3v) is 10.8. The molecule has 0 bridgehead atoms. The number of hydrogen-bond acceptors (Lipinski definition) is 17. The number of nitrogens with one attached hydrogen (secondary N) is 3. The van der Waals surface area contributed by atoms with Gasteiger partial charge in [0.05, 0.1) is 60.5 Å². The SMILES string of the molecule is CCCCCOC(=O)COc1cc(N2C(=O)C3=C(CCCC3)C2=O)c(F)cc1Cl.C[S+](C)C.O=C(Nc1nc(OC(F)F)cc(OC(F)F)n1)NS(=O)(=O)c1ccccc1C(=O)O.O=C(O)CNCP(=O)([O-])O. The van der Waals surface area contributed by atoms with Crippen molar-refractivity contribution in [2.45, 2.75) is 70.0 Å². The van der Waals surface area contributed by atoms with Gasteiger partial charge in [-0.2, -0.15) is 27.5 Å². The first kappa shape index (κ1) is 62.9. The van der Waals surface area contributed by atoms with Crippen molar-refractivity contribution in [3.05, 3.63) is 70.0 Å². The molecule has 1 aliphatic heterocycles. The summed E-state index contributed by atoms with van der Waals surface area (Å²) < 4.78 is 118. The Bertz CT molecular complexity index is 2580. The van der Waals surface area contributed by atoms with E-state index in [1.807, 2.05) is 12.2 Å². The average Bonchev–Trinajstić information content (AvgIpc) is 3.52. The smallest absolute Gasteiger partial charge is 0.388 e. The van der Waals surface area contributed by atoms with E-state index in [4.69, 9.17) is 36.2 Å². The fourth-order valence-corrected chi connectivity index (χ4v) is 7.43. The Kier molecular flexibility index (Phi) is 26.0. The summed E-state index contributed by atoms with van der Waals surface area (Å²) >= 11 is 6.02. The van der Waals surface area contributed by atoms with E-state index in [1.54, 1.807) is 5.32 Å². The number of imide groups is 1. The number of urea groups is 1. The quantitative estimate of drug-likeness (QED) is 0.0219. The van der Waals surface area contributed by atoms with Crippen LogP contribution in [0.1, 0.15) is 62.2 Å². The Labute approximate surface area is 421 Å². The molecular formula is C41H49ClF5N6O17PS2. The second kappa shape index (κ2) is 30.1. The van der Waals surface area contributed by atoms with Crippen molar-refractivity contribution in [3.63, 3.8) is 0 Å². The fraction of sp³-hybridized carbons (Fsp3) is 0.415. The van der Waals surface area contributed by atoms with Crippen LogP contribution in [-0.4, -0.2) is 127 Å².